The summed E-state index contributed by atoms with van der Waals surface area (Å²) < 4.78 is 51.8. The molecular formula is C21H15F3N4O4S. The second-order valence-corrected chi connectivity index (χ2v) is 7.50. The number of nitrogens with one attached hydrogen (secondary N) is 1. The number of carbonyl (C=O) groups excluding carboxylic acids is 2. The molecule has 0 atom stereocenters. The monoisotopic (exact) mass is 476 g/mol. The highest BCUT2D eigenvalue weighted by atomic mass is 32.1. The third-order valence-electron chi connectivity index (χ3n) is 4.41. The molecule has 8 nitrogen and oxygen atoms in total. The van der Waals surface area contributed by atoms with Gasteiger partial charge in [-0.3, -0.25) is 4.79 Å². The molecule has 1 N–H and O–H groups in total. The lowest BCUT2D eigenvalue weighted by molar-refractivity contribution is -0.143. The Morgan fingerprint density at radius 2 is 2.06 bits per heavy atom. The van der Waals surface area contributed by atoms with E-state index in [1.165, 1.54) is 42.5 Å². The fourth-order valence-electron chi connectivity index (χ4n) is 3.07. The van der Waals surface area contributed by atoms with E-state index in [0.717, 1.165) is 12.6 Å². The molecule has 0 aliphatic heterocycles. The molecule has 0 radical (unpaired) electrons. The predicted octanol–water partition coefficient (Wildman–Crippen LogP) is 5.04. The summed E-state index contributed by atoms with van der Waals surface area (Å²) in [5.74, 6) is -1.45. The standard InChI is InChI=1S/C21H15F3N4O4S/c1-2-31-20(30)14-10-26-28(18(14)21(22,23)24)13-6-3-5-12(9-13)27-19(29)16-17(32-11-25-16)15-7-4-8-33-15/h3-11H,2H2,1H3,(H,27,29). The maximum absolute atomic E-state index is 13.7. The van der Waals surface area contributed by atoms with Crippen LogP contribution in [0, 0.1) is 0 Å². The Morgan fingerprint density at radius 1 is 1.24 bits per heavy atom. The summed E-state index contributed by atoms with van der Waals surface area (Å²) in [6.45, 7) is 1.40. The number of hydrogen-bond acceptors (Lipinski definition) is 7. The van der Waals surface area contributed by atoms with Crippen LogP contribution in [-0.2, 0) is 10.9 Å². The number of nitrogens with zero attached hydrogens (tertiary/aromatic N) is 3. The van der Waals surface area contributed by atoms with Crippen molar-refractivity contribution < 1.29 is 31.9 Å². The van der Waals surface area contributed by atoms with E-state index in [1.807, 2.05) is 5.38 Å². The highest BCUT2D eigenvalue weighted by molar-refractivity contribution is 7.13. The molecule has 0 unspecified atom stereocenters. The van der Waals surface area contributed by atoms with Crippen molar-refractivity contribution in [3.63, 3.8) is 0 Å². The molecule has 4 aromatic rings. The normalized spacial score (nSPS) is 11.4. The minimum absolute atomic E-state index is 0.0192. The van der Waals surface area contributed by atoms with E-state index >= 15 is 0 Å². The summed E-state index contributed by atoms with van der Waals surface area (Å²) in [7, 11) is 0. The molecule has 1 amide bonds. The van der Waals surface area contributed by atoms with Crippen molar-refractivity contribution in [1.29, 1.82) is 0 Å². The van der Waals surface area contributed by atoms with Gasteiger partial charge in [-0.25, -0.2) is 14.5 Å². The van der Waals surface area contributed by atoms with Crippen molar-refractivity contribution in [2.24, 2.45) is 0 Å². The van der Waals surface area contributed by atoms with Crippen LogP contribution in [0.3, 0.4) is 0 Å². The molecule has 4 rings (SSSR count). The zero-order chi connectivity index (χ0) is 23.6. The Balaban J connectivity index is 1.65. The second-order valence-electron chi connectivity index (χ2n) is 6.55. The lowest BCUT2D eigenvalue weighted by atomic mass is 10.2. The summed E-state index contributed by atoms with van der Waals surface area (Å²) in [5, 5.41) is 8.14. The molecule has 0 saturated heterocycles. The zero-order valence-corrected chi connectivity index (χ0v) is 17.7. The molecule has 3 aromatic heterocycles. The van der Waals surface area contributed by atoms with Crippen molar-refractivity contribution in [2.75, 3.05) is 11.9 Å². The molecule has 170 valence electrons. The Labute approximate surface area is 188 Å². The minimum Gasteiger partial charge on any atom is -0.462 e. The number of ether oxygens (including phenoxy) is 1. The van der Waals surface area contributed by atoms with Crippen LogP contribution in [0.1, 0.15) is 33.5 Å². The van der Waals surface area contributed by atoms with Gasteiger partial charge in [0.2, 0.25) is 0 Å². The summed E-state index contributed by atoms with van der Waals surface area (Å²) in [4.78, 5) is 29.4. The smallest absolute Gasteiger partial charge is 0.434 e. The van der Waals surface area contributed by atoms with Gasteiger partial charge in [0.05, 0.1) is 23.4 Å². The average molecular weight is 476 g/mol. The second kappa shape index (κ2) is 8.90. The molecule has 0 saturated carbocycles. The van der Waals surface area contributed by atoms with Crippen molar-refractivity contribution in [1.82, 2.24) is 14.8 Å². The Hall–Kier alpha value is -3.93. The van der Waals surface area contributed by atoms with E-state index in [1.54, 1.807) is 12.1 Å². The number of rotatable bonds is 6. The predicted molar refractivity (Wildman–Crippen MR) is 112 cm³/mol. The van der Waals surface area contributed by atoms with Gasteiger partial charge in [0.15, 0.2) is 23.5 Å². The SMILES string of the molecule is CCOC(=O)c1cnn(-c2cccc(NC(=O)c3ncoc3-c3cccs3)c2)c1C(F)(F)F. The van der Waals surface area contributed by atoms with Gasteiger partial charge in [0, 0.05) is 5.69 Å². The van der Waals surface area contributed by atoms with Crippen LogP contribution in [0.4, 0.5) is 18.9 Å². The van der Waals surface area contributed by atoms with Gasteiger partial charge in [-0.2, -0.15) is 18.3 Å². The zero-order valence-electron chi connectivity index (χ0n) is 16.9. The molecule has 12 heteroatoms. The fraction of sp³-hybridized carbons (Fsp3) is 0.143. The summed E-state index contributed by atoms with van der Waals surface area (Å²) in [6.07, 6.45) is -2.94. The number of amides is 1. The molecule has 1 aromatic carbocycles. The van der Waals surface area contributed by atoms with Gasteiger partial charge in [-0.15, -0.1) is 11.3 Å². The van der Waals surface area contributed by atoms with Gasteiger partial charge in [-0.1, -0.05) is 12.1 Å². The van der Waals surface area contributed by atoms with Crippen LogP contribution >= 0.6 is 11.3 Å². The highest BCUT2D eigenvalue weighted by Crippen LogP contribution is 2.34. The number of benzene rings is 1. The fourth-order valence-corrected chi connectivity index (χ4v) is 3.78. The average Bonchev–Trinajstić information content (AvgIpc) is 3.53. The van der Waals surface area contributed by atoms with Crippen molar-refractivity contribution in [2.45, 2.75) is 13.1 Å². The lowest BCUT2D eigenvalue weighted by Crippen LogP contribution is -2.19. The Kier molecular flexibility index (Phi) is 6.01. The van der Waals surface area contributed by atoms with Crippen LogP contribution in [0.5, 0.6) is 0 Å². The number of aromatic nitrogens is 3. The first-order chi connectivity index (χ1) is 15.8. The summed E-state index contributed by atoms with van der Waals surface area (Å²) in [5.41, 5.74) is -1.78. The molecule has 0 bridgehead atoms. The van der Waals surface area contributed by atoms with E-state index in [-0.39, 0.29) is 29.4 Å². The van der Waals surface area contributed by atoms with E-state index in [0.29, 0.717) is 9.56 Å². The highest BCUT2D eigenvalue weighted by Gasteiger charge is 2.41. The molecule has 0 aliphatic rings. The third kappa shape index (κ3) is 4.51. The number of esters is 1. The maximum atomic E-state index is 13.7. The third-order valence-corrected chi connectivity index (χ3v) is 5.28. The number of halogens is 3. The Bertz CT molecular complexity index is 1300. The van der Waals surface area contributed by atoms with E-state index in [9.17, 15) is 22.8 Å². The molecule has 3 heterocycles. The first-order valence-electron chi connectivity index (χ1n) is 9.51. The van der Waals surface area contributed by atoms with Crippen LogP contribution < -0.4 is 5.32 Å². The van der Waals surface area contributed by atoms with Crippen LogP contribution in [0.2, 0.25) is 0 Å². The van der Waals surface area contributed by atoms with Gasteiger partial charge in [0.1, 0.15) is 5.56 Å². The van der Waals surface area contributed by atoms with Gasteiger partial charge < -0.3 is 14.5 Å². The van der Waals surface area contributed by atoms with E-state index in [4.69, 9.17) is 9.15 Å². The van der Waals surface area contributed by atoms with E-state index in [2.05, 4.69) is 15.4 Å². The van der Waals surface area contributed by atoms with Crippen molar-refractivity contribution >= 4 is 28.9 Å². The molecule has 0 spiro atoms. The number of hydrogen-bond donors (Lipinski definition) is 1. The first kappa shape index (κ1) is 22.3. The minimum atomic E-state index is -4.88. The maximum Gasteiger partial charge on any atom is 0.434 e. The number of oxazole rings is 1. The van der Waals surface area contributed by atoms with E-state index < -0.39 is 29.3 Å². The van der Waals surface area contributed by atoms with Crippen molar-refractivity contribution in [3.05, 3.63) is 71.3 Å². The Morgan fingerprint density at radius 3 is 2.76 bits per heavy atom. The lowest BCUT2D eigenvalue weighted by Gasteiger charge is -2.13. The molecule has 33 heavy (non-hydrogen) atoms. The van der Waals surface area contributed by atoms with Gasteiger partial charge in [-0.05, 0) is 36.6 Å². The topological polar surface area (TPSA) is 99.2 Å². The van der Waals surface area contributed by atoms with Crippen molar-refractivity contribution in [3.8, 4) is 16.3 Å². The number of alkyl halides is 3. The molecule has 0 fully saturated rings. The number of thiophene rings is 1. The quantitative estimate of drug-likeness (QED) is 0.392. The first-order valence-corrected chi connectivity index (χ1v) is 10.4. The number of carbonyl (C=O) groups is 2. The summed E-state index contributed by atoms with van der Waals surface area (Å²) >= 11 is 1.36. The summed E-state index contributed by atoms with van der Waals surface area (Å²) in [6, 6.07) is 9.15. The number of anilines is 1. The van der Waals surface area contributed by atoms with Gasteiger partial charge in [0.25, 0.3) is 5.91 Å². The van der Waals surface area contributed by atoms with Gasteiger partial charge >= 0.3 is 12.1 Å². The van der Waals surface area contributed by atoms with Crippen LogP contribution in [0.25, 0.3) is 16.3 Å². The largest absolute Gasteiger partial charge is 0.462 e. The van der Waals surface area contributed by atoms with Crippen LogP contribution in [0.15, 0.2) is 58.8 Å². The van der Waals surface area contributed by atoms with Crippen LogP contribution in [-0.4, -0.2) is 33.2 Å². The molecular weight excluding hydrogens is 461 g/mol. The molecule has 0 aliphatic carbocycles.